The van der Waals surface area contributed by atoms with Gasteiger partial charge in [-0.2, -0.15) is 11.8 Å². The maximum Gasteiger partial charge on any atom is 0.234 e. The molecule has 13 heavy (non-hydrogen) atoms. The van der Waals surface area contributed by atoms with Crippen LogP contribution in [-0.4, -0.2) is 30.6 Å². The maximum absolute atomic E-state index is 10.8. The number of amides is 1. The predicted octanol–water partition coefficient (Wildman–Crippen LogP) is 0.525. The second-order valence-electron chi connectivity index (χ2n) is 2.80. The van der Waals surface area contributed by atoms with Crippen LogP contribution in [0.5, 0.6) is 0 Å². The summed E-state index contributed by atoms with van der Waals surface area (Å²) in [5.41, 5.74) is 2.12. The minimum absolute atomic E-state index is 0.105. The number of nitrogens with one attached hydrogen (secondary N) is 1. The zero-order valence-electron chi connectivity index (χ0n) is 8.21. The van der Waals surface area contributed by atoms with Gasteiger partial charge in [0.2, 0.25) is 5.91 Å². The van der Waals surface area contributed by atoms with Gasteiger partial charge in [-0.15, -0.1) is 0 Å². The molecule has 0 saturated carbocycles. The third-order valence-electron chi connectivity index (χ3n) is 1.53. The molecule has 0 fully saturated rings. The minimum atomic E-state index is -0.105. The van der Waals surface area contributed by atoms with E-state index in [4.69, 9.17) is 10.6 Å². The van der Waals surface area contributed by atoms with Crippen molar-refractivity contribution >= 4 is 17.7 Å². The number of hydrogen-bond acceptors (Lipinski definition) is 4. The first-order valence-electron chi connectivity index (χ1n) is 4.30. The van der Waals surface area contributed by atoms with Crippen molar-refractivity contribution in [2.24, 2.45) is 5.84 Å². The number of nitrogens with two attached hydrogens (primary N) is 1. The Bertz CT molecular complexity index is 144. The molecule has 0 aliphatic heterocycles. The Balaban J connectivity index is 3.29. The summed E-state index contributed by atoms with van der Waals surface area (Å²) in [6.07, 6.45) is 1.50. The van der Waals surface area contributed by atoms with Crippen LogP contribution < -0.4 is 11.3 Å². The molecule has 5 heteroatoms. The molecule has 1 amide bonds. The molecule has 0 radical (unpaired) electrons. The van der Waals surface area contributed by atoms with Crippen molar-refractivity contribution in [2.75, 3.05) is 19.5 Å². The first-order chi connectivity index (χ1) is 6.20. The van der Waals surface area contributed by atoms with Crippen molar-refractivity contribution < 1.29 is 9.53 Å². The molecule has 78 valence electrons. The van der Waals surface area contributed by atoms with E-state index >= 15 is 0 Å². The Labute approximate surface area is 83.6 Å². The number of methoxy groups -OCH3 is 1. The van der Waals surface area contributed by atoms with E-state index in [-0.39, 0.29) is 5.91 Å². The molecule has 0 aromatic heterocycles. The van der Waals surface area contributed by atoms with E-state index in [0.29, 0.717) is 11.7 Å². The topological polar surface area (TPSA) is 64.3 Å². The normalized spacial score (nSPS) is 12.5. The van der Waals surface area contributed by atoms with Gasteiger partial charge in [0.25, 0.3) is 0 Å². The van der Waals surface area contributed by atoms with Gasteiger partial charge in [0.1, 0.15) is 0 Å². The first-order valence-corrected chi connectivity index (χ1v) is 5.35. The van der Waals surface area contributed by atoms with Gasteiger partial charge in [-0.25, -0.2) is 5.84 Å². The van der Waals surface area contributed by atoms with E-state index in [1.165, 1.54) is 0 Å². The highest BCUT2D eigenvalue weighted by molar-refractivity contribution is 7.99. The van der Waals surface area contributed by atoms with Crippen LogP contribution in [0.4, 0.5) is 0 Å². The summed E-state index contributed by atoms with van der Waals surface area (Å²) < 4.78 is 4.91. The molecular formula is C8H18N2O2S. The molecule has 1 atom stereocenters. The summed E-state index contributed by atoms with van der Waals surface area (Å²) in [7, 11) is 1.69. The Hall–Kier alpha value is -0.260. The molecule has 0 rings (SSSR count). The van der Waals surface area contributed by atoms with Crippen LogP contribution in [0.1, 0.15) is 19.8 Å². The summed E-state index contributed by atoms with van der Waals surface area (Å²) in [6, 6.07) is 0. The average Bonchev–Trinajstić information content (AvgIpc) is 2.12. The fourth-order valence-corrected chi connectivity index (χ4v) is 1.82. The lowest BCUT2D eigenvalue weighted by atomic mass is 10.3. The molecule has 0 saturated heterocycles. The molecule has 0 spiro atoms. The fourth-order valence-electron chi connectivity index (χ4n) is 0.867. The molecule has 0 aliphatic rings. The van der Waals surface area contributed by atoms with Gasteiger partial charge in [-0.1, -0.05) is 6.92 Å². The maximum atomic E-state index is 10.8. The number of hydrogen-bond donors (Lipinski definition) is 2. The molecule has 1 unspecified atom stereocenters. The summed E-state index contributed by atoms with van der Waals surface area (Å²) in [6.45, 7) is 2.80. The molecule has 4 nitrogen and oxygen atoms in total. The largest absolute Gasteiger partial charge is 0.385 e. The molecule has 0 bridgehead atoms. The van der Waals surface area contributed by atoms with Crippen LogP contribution in [0, 0.1) is 0 Å². The van der Waals surface area contributed by atoms with Crippen LogP contribution in [0.3, 0.4) is 0 Å². The van der Waals surface area contributed by atoms with Gasteiger partial charge in [0.15, 0.2) is 0 Å². The minimum Gasteiger partial charge on any atom is -0.385 e. The van der Waals surface area contributed by atoms with Crippen LogP contribution in [0.25, 0.3) is 0 Å². The highest BCUT2D eigenvalue weighted by atomic mass is 32.2. The molecule has 3 N–H and O–H groups in total. The Morgan fingerprint density at radius 2 is 2.38 bits per heavy atom. The quantitative estimate of drug-likeness (QED) is 0.276. The summed E-state index contributed by atoms with van der Waals surface area (Å²) >= 11 is 1.76. The van der Waals surface area contributed by atoms with E-state index in [2.05, 4.69) is 5.43 Å². The van der Waals surface area contributed by atoms with Crippen molar-refractivity contribution in [2.45, 2.75) is 25.0 Å². The van der Waals surface area contributed by atoms with Gasteiger partial charge in [-0.3, -0.25) is 10.2 Å². The smallest absolute Gasteiger partial charge is 0.234 e. The monoisotopic (exact) mass is 206 g/mol. The highest BCUT2D eigenvalue weighted by Gasteiger charge is 2.07. The second-order valence-corrected chi connectivity index (χ2v) is 4.35. The molecule has 0 aliphatic carbocycles. The van der Waals surface area contributed by atoms with Gasteiger partial charge in [-0.05, 0) is 12.2 Å². The average molecular weight is 206 g/mol. The summed E-state index contributed by atoms with van der Waals surface area (Å²) in [5.74, 6) is 5.88. The van der Waals surface area contributed by atoms with E-state index in [1.807, 2.05) is 6.92 Å². The van der Waals surface area contributed by atoms with Gasteiger partial charge < -0.3 is 4.74 Å². The number of hydrazine groups is 1. The van der Waals surface area contributed by atoms with Crippen LogP contribution in [0.2, 0.25) is 0 Å². The van der Waals surface area contributed by atoms with Crippen LogP contribution in [-0.2, 0) is 9.53 Å². The zero-order chi connectivity index (χ0) is 10.1. The molecule has 0 heterocycles. The highest BCUT2D eigenvalue weighted by Crippen LogP contribution is 2.14. The van der Waals surface area contributed by atoms with E-state index in [9.17, 15) is 4.79 Å². The lowest BCUT2D eigenvalue weighted by Gasteiger charge is -2.09. The van der Waals surface area contributed by atoms with Gasteiger partial charge in [0.05, 0.1) is 0 Å². The number of ether oxygens (including phenoxy) is 1. The Morgan fingerprint density at radius 1 is 1.69 bits per heavy atom. The predicted molar refractivity (Wildman–Crippen MR) is 55.4 cm³/mol. The number of thioether (sulfide) groups is 1. The summed E-state index contributed by atoms with van der Waals surface area (Å²) in [4.78, 5) is 10.8. The van der Waals surface area contributed by atoms with Crippen LogP contribution >= 0.6 is 11.8 Å². The Morgan fingerprint density at radius 3 is 2.92 bits per heavy atom. The SMILES string of the molecule is COCCCSC(C)CC(=O)NN. The lowest BCUT2D eigenvalue weighted by Crippen LogP contribution is -2.31. The first kappa shape index (κ1) is 12.7. The van der Waals surface area contributed by atoms with Crippen molar-refractivity contribution in [3.8, 4) is 0 Å². The number of carbonyl (C=O) groups is 1. The Kier molecular flexibility index (Phi) is 8.18. The lowest BCUT2D eigenvalue weighted by molar-refractivity contribution is -0.121. The van der Waals surface area contributed by atoms with Gasteiger partial charge in [0, 0.05) is 25.4 Å². The summed E-state index contributed by atoms with van der Waals surface area (Å²) in [5, 5.41) is 0.320. The zero-order valence-corrected chi connectivity index (χ0v) is 9.02. The number of carbonyl (C=O) groups excluding carboxylic acids is 1. The van der Waals surface area contributed by atoms with Gasteiger partial charge >= 0.3 is 0 Å². The number of rotatable bonds is 7. The fraction of sp³-hybridized carbons (Fsp3) is 0.875. The molecular weight excluding hydrogens is 188 g/mol. The van der Waals surface area contributed by atoms with Crippen LogP contribution in [0.15, 0.2) is 0 Å². The van der Waals surface area contributed by atoms with E-state index < -0.39 is 0 Å². The molecule has 0 aromatic rings. The van der Waals surface area contributed by atoms with Crippen molar-refractivity contribution in [3.63, 3.8) is 0 Å². The second kappa shape index (κ2) is 8.34. The van der Waals surface area contributed by atoms with Crippen molar-refractivity contribution in [1.82, 2.24) is 5.43 Å². The van der Waals surface area contributed by atoms with Crippen molar-refractivity contribution in [3.05, 3.63) is 0 Å². The standard InChI is InChI=1S/C8H18N2O2S/c1-7(6-8(11)10-9)13-5-3-4-12-2/h7H,3-6,9H2,1-2H3,(H,10,11). The third kappa shape index (κ3) is 8.08. The van der Waals surface area contributed by atoms with E-state index in [1.54, 1.807) is 18.9 Å². The molecule has 0 aromatic carbocycles. The third-order valence-corrected chi connectivity index (χ3v) is 2.79. The van der Waals surface area contributed by atoms with Crippen molar-refractivity contribution in [1.29, 1.82) is 0 Å². The van der Waals surface area contributed by atoms with E-state index in [0.717, 1.165) is 18.8 Å².